The van der Waals surface area contributed by atoms with E-state index < -0.39 is 19.7 Å². The zero-order valence-electron chi connectivity index (χ0n) is 9.27. The van der Waals surface area contributed by atoms with Crippen LogP contribution in [-0.2, 0) is 19.7 Å². The predicted molar refractivity (Wildman–Crippen MR) is 74.7 cm³/mol. The van der Waals surface area contributed by atoms with Crippen LogP contribution in [0.3, 0.4) is 0 Å². The van der Waals surface area contributed by atoms with Gasteiger partial charge in [-0.05, 0) is 6.42 Å². The fourth-order valence-electron chi connectivity index (χ4n) is 2.53. The van der Waals surface area contributed by atoms with Crippen molar-refractivity contribution in [1.29, 1.82) is 0 Å². The first-order chi connectivity index (χ1) is 8.27. The second kappa shape index (κ2) is 3.94. The quantitative estimate of drug-likeness (QED) is 0.635. The summed E-state index contributed by atoms with van der Waals surface area (Å²) in [7, 11) is -6.15. The molecule has 3 aliphatic rings. The molecule has 0 aromatic rings. The van der Waals surface area contributed by atoms with E-state index in [1.165, 1.54) is 17.2 Å². The lowest BCUT2D eigenvalue weighted by molar-refractivity contribution is 0.418. The topological polar surface area (TPSA) is 71.5 Å². The molecule has 3 rings (SSSR count). The van der Waals surface area contributed by atoms with Crippen LogP contribution in [0, 0.1) is 0 Å². The van der Waals surface area contributed by atoms with E-state index in [-0.39, 0.29) is 28.6 Å². The second-order valence-corrected chi connectivity index (χ2v) is 10.6. The minimum atomic E-state index is -3.15. The highest BCUT2D eigenvalue weighted by Gasteiger charge is 2.46. The summed E-state index contributed by atoms with van der Waals surface area (Å²) in [6.07, 6.45) is 0.521. The molecule has 0 aliphatic carbocycles. The highest BCUT2D eigenvalue weighted by Crippen LogP contribution is 2.42. The van der Waals surface area contributed by atoms with Crippen molar-refractivity contribution in [2.75, 3.05) is 17.3 Å². The number of nitrogens with zero attached hydrogens (tertiary/aromatic N) is 1. The smallest absolute Gasteiger partial charge is 0.174 e. The Kier molecular flexibility index (Phi) is 2.82. The zero-order valence-corrected chi connectivity index (χ0v) is 12.5. The molecule has 0 aromatic carbocycles. The van der Waals surface area contributed by atoms with E-state index >= 15 is 0 Å². The summed E-state index contributed by atoms with van der Waals surface area (Å²) < 4.78 is 46.7. The van der Waals surface area contributed by atoms with E-state index in [4.69, 9.17) is 12.2 Å². The zero-order chi connectivity index (χ0) is 13.1. The molecule has 100 valence electrons. The van der Waals surface area contributed by atoms with Crippen molar-refractivity contribution in [3.63, 3.8) is 0 Å². The Hall–Kier alpha value is -0.120. The summed E-state index contributed by atoms with van der Waals surface area (Å²) >= 11 is 6.59. The van der Waals surface area contributed by atoms with Gasteiger partial charge in [0.15, 0.2) is 19.7 Å². The number of thiocarbonyl (C=S) groups is 1. The molecule has 3 heterocycles. The van der Waals surface area contributed by atoms with Crippen molar-refractivity contribution in [3.8, 4) is 0 Å². The lowest BCUT2D eigenvalue weighted by atomic mass is 10.2. The number of hydrogen-bond donors (Lipinski definition) is 0. The van der Waals surface area contributed by atoms with Gasteiger partial charge in [0, 0.05) is 5.70 Å². The molecule has 9 heteroatoms. The summed E-state index contributed by atoms with van der Waals surface area (Å²) in [6.45, 7) is 0. The lowest BCUT2D eigenvalue weighted by Gasteiger charge is -2.24. The number of sulfone groups is 2. The second-order valence-electron chi connectivity index (χ2n) is 4.67. The van der Waals surface area contributed by atoms with Gasteiger partial charge in [0.1, 0.15) is 4.32 Å². The van der Waals surface area contributed by atoms with Crippen LogP contribution in [0.5, 0.6) is 0 Å². The van der Waals surface area contributed by atoms with Crippen molar-refractivity contribution >= 4 is 48.0 Å². The number of hydrogen-bond acceptors (Lipinski definition) is 6. The van der Waals surface area contributed by atoms with Crippen LogP contribution in [0.1, 0.15) is 6.42 Å². The molecule has 18 heavy (non-hydrogen) atoms. The Morgan fingerprint density at radius 1 is 1.28 bits per heavy atom. The molecule has 3 aliphatic heterocycles. The Balaban J connectivity index is 1.95. The standard InChI is InChI=1S/C9H11NO4S4/c11-17(12)2-1-6(3-17)10-7-4-18(13,14)5-8(7)16-9(10)15/h4,6,8H,1-3,5H2/t6-,8+/m0/s1. The molecule has 5 nitrogen and oxygen atoms in total. The first-order valence-corrected chi connectivity index (χ1v) is 10.2. The van der Waals surface area contributed by atoms with Crippen LogP contribution in [0.15, 0.2) is 11.1 Å². The van der Waals surface area contributed by atoms with Crippen LogP contribution < -0.4 is 0 Å². The largest absolute Gasteiger partial charge is 0.325 e. The Morgan fingerprint density at radius 3 is 2.61 bits per heavy atom. The normalized spacial score (nSPS) is 36.8. The molecule has 2 saturated heterocycles. The Morgan fingerprint density at radius 2 is 2.00 bits per heavy atom. The van der Waals surface area contributed by atoms with Gasteiger partial charge in [0.05, 0.1) is 34.0 Å². The van der Waals surface area contributed by atoms with Gasteiger partial charge in [0.2, 0.25) is 0 Å². The van der Waals surface area contributed by atoms with Crippen LogP contribution in [0.2, 0.25) is 0 Å². The fraction of sp³-hybridized carbons (Fsp3) is 0.667. The van der Waals surface area contributed by atoms with Gasteiger partial charge in [-0.15, -0.1) is 0 Å². The minimum Gasteiger partial charge on any atom is -0.325 e. The van der Waals surface area contributed by atoms with E-state index in [0.29, 0.717) is 16.4 Å². The third kappa shape index (κ3) is 2.10. The van der Waals surface area contributed by atoms with Gasteiger partial charge in [0.25, 0.3) is 0 Å². The third-order valence-corrected chi connectivity index (χ3v) is 8.24. The maximum Gasteiger partial charge on any atom is 0.174 e. The van der Waals surface area contributed by atoms with Gasteiger partial charge in [-0.3, -0.25) is 0 Å². The Labute approximate surface area is 115 Å². The van der Waals surface area contributed by atoms with Crippen molar-refractivity contribution < 1.29 is 16.8 Å². The molecule has 0 N–H and O–H groups in total. The first kappa shape index (κ1) is 12.9. The summed E-state index contributed by atoms with van der Waals surface area (Å²) in [5, 5.41) is 1.11. The van der Waals surface area contributed by atoms with E-state index in [2.05, 4.69) is 0 Å². The molecule has 0 aromatic heterocycles. The molecule has 0 spiro atoms. The molecule has 2 fully saturated rings. The van der Waals surface area contributed by atoms with Gasteiger partial charge in [-0.1, -0.05) is 24.0 Å². The average molecular weight is 325 g/mol. The molecular weight excluding hydrogens is 314 g/mol. The lowest BCUT2D eigenvalue weighted by Crippen LogP contribution is -2.35. The number of fused-ring (bicyclic) bond motifs is 1. The van der Waals surface area contributed by atoms with Gasteiger partial charge in [-0.2, -0.15) is 0 Å². The fourth-order valence-corrected chi connectivity index (χ4v) is 8.01. The van der Waals surface area contributed by atoms with Crippen molar-refractivity contribution in [2.24, 2.45) is 0 Å². The Bertz CT molecular complexity index is 648. The molecule has 0 bridgehead atoms. The first-order valence-electron chi connectivity index (χ1n) is 5.42. The van der Waals surface area contributed by atoms with Crippen LogP contribution in [0.4, 0.5) is 0 Å². The molecular formula is C9H11NO4S4. The van der Waals surface area contributed by atoms with Crippen molar-refractivity contribution in [3.05, 3.63) is 11.1 Å². The van der Waals surface area contributed by atoms with Gasteiger partial charge in [-0.25, -0.2) is 16.8 Å². The highest BCUT2D eigenvalue weighted by molar-refractivity contribution is 8.24. The molecule has 0 unspecified atom stereocenters. The summed E-state index contributed by atoms with van der Waals surface area (Å²) in [5.74, 6) is 0.299. The van der Waals surface area contributed by atoms with Gasteiger partial charge < -0.3 is 4.90 Å². The number of thioether (sulfide) groups is 1. The van der Waals surface area contributed by atoms with E-state index in [0.717, 1.165) is 0 Å². The monoisotopic (exact) mass is 325 g/mol. The van der Waals surface area contributed by atoms with Crippen molar-refractivity contribution in [1.82, 2.24) is 4.90 Å². The van der Waals surface area contributed by atoms with Crippen molar-refractivity contribution in [2.45, 2.75) is 17.7 Å². The highest BCUT2D eigenvalue weighted by atomic mass is 32.2. The summed E-state index contributed by atoms with van der Waals surface area (Å²) in [4.78, 5) is 1.75. The predicted octanol–water partition coefficient (Wildman–Crippen LogP) is 0.146. The molecule has 0 radical (unpaired) electrons. The van der Waals surface area contributed by atoms with Crippen LogP contribution >= 0.6 is 24.0 Å². The molecule has 0 amide bonds. The van der Waals surface area contributed by atoms with E-state index in [1.54, 1.807) is 4.90 Å². The van der Waals surface area contributed by atoms with Crippen LogP contribution in [0.25, 0.3) is 0 Å². The number of rotatable bonds is 1. The van der Waals surface area contributed by atoms with E-state index in [1.807, 2.05) is 0 Å². The van der Waals surface area contributed by atoms with Crippen LogP contribution in [-0.4, -0.2) is 54.6 Å². The maximum absolute atomic E-state index is 11.6. The SMILES string of the molecule is O=S1(=O)C=C2[C@@H](C1)SC(=S)N2[C@H]1CCS(=O)(=O)C1. The van der Waals surface area contributed by atoms with Gasteiger partial charge >= 0.3 is 0 Å². The third-order valence-electron chi connectivity index (χ3n) is 3.31. The molecule has 2 atom stereocenters. The van der Waals surface area contributed by atoms with E-state index in [9.17, 15) is 16.8 Å². The average Bonchev–Trinajstić information content (AvgIpc) is 2.75. The summed E-state index contributed by atoms with van der Waals surface area (Å²) in [6, 6.07) is -0.195. The minimum absolute atomic E-state index is 0.0673. The molecule has 0 saturated carbocycles. The summed E-state index contributed by atoms with van der Waals surface area (Å²) in [5.41, 5.74) is 0.673. The maximum atomic E-state index is 11.6.